The van der Waals surface area contributed by atoms with Crippen LogP contribution >= 0.6 is 15.9 Å². The fourth-order valence-electron chi connectivity index (χ4n) is 4.76. The number of fused-ring (bicyclic) bond motifs is 1. The molecule has 0 saturated carbocycles. The van der Waals surface area contributed by atoms with Gasteiger partial charge in [-0.1, -0.05) is 76.6 Å². The molecule has 3 aromatic carbocycles. The quantitative estimate of drug-likeness (QED) is 0.280. The van der Waals surface area contributed by atoms with Gasteiger partial charge in [-0.2, -0.15) is 4.31 Å². The number of hydrogen-bond acceptors (Lipinski definition) is 5. The van der Waals surface area contributed by atoms with Crippen LogP contribution in [0.15, 0.2) is 88.2 Å². The summed E-state index contributed by atoms with van der Waals surface area (Å²) in [5, 5.41) is 3.38. The van der Waals surface area contributed by atoms with Crippen molar-refractivity contribution in [2.75, 3.05) is 19.7 Å². The first kappa shape index (κ1) is 27.1. The third kappa shape index (κ3) is 5.76. The second kappa shape index (κ2) is 11.3. The number of nitrogens with one attached hydrogen (secondary N) is 2. The predicted molar refractivity (Wildman–Crippen MR) is 150 cm³/mol. The Balaban J connectivity index is 1.40. The number of morpholine rings is 1. The second-order valence-corrected chi connectivity index (χ2v) is 12.1. The molecule has 202 valence electrons. The number of H-pyrrole nitrogens is 1. The molecule has 1 saturated heterocycles. The summed E-state index contributed by atoms with van der Waals surface area (Å²) in [4.78, 5) is 28.2. The number of aromatic amines is 1. The van der Waals surface area contributed by atoms with Crippen LogP contribution in [0, 0.1) is 0 Å². The van der Waals surface area contributed by atoms with E-state index in [-0.39, 0.29) is 36.3 Å². The molecule has 4 aromatic rings. The lowest BCUT2D eigenvalue weighted by Crippen LogP contribution is -2.52. The Bertz CT molecular complexity index is 1610. The number of aromatic nitrogens is 1. The zero-order valence-electron chi connectivity index (χ0n) is 20.8. The predicted octanol–water partition coefficient (Wildman–Crippen LogP) is 3.52. The van der Waals surface area contributed by atoms with E-state index in [4.69, 9.17) is 10.5 Å². The Hall–Kier alpha value is -3.51. The normalized spacial score (nSPS) is 17.1. The number of primary amides is 1. The van der Waals surface area contributed by atoms with E-state index in [9.17, 15) is 18.0 Å². The van der Waals surface area contributed by atoms with E-state index in [0.717, 1.165) is 11.1 Å². The standard InChI is InChI=1S/C28H27BrN4O5S/c29-20-11-12-22-21(16-20)26(25(31-22)27(30)34)39(36,37)33-13-14-38-24(17-33)28(35)32-23(19-9-5-2-6-10-19)15-18-7-3-1-4-8-18/h1-12,16,23-24,31H,13-15,17H2,(H2,30,34)(H,32,35). The zero-order valence-corrected chi connectivity index (χ0v) is 23.2. The van der Waals surface area contributed by atoms with Crippen molar-refractivity contribution in [1.29, 1.82) is 0 Å². The molecule has 2 unspecified atom stereocenters. The van der Waals surface area contributed by atoms with Crippen LogP contribution in [0.2, 0.25) is 0 Å². The number of ether oxygens (including phenoxy) is 1. The van der Waals surface area contributed by atoms with Gasteiger partial charge in [0, 0.05) is 28.5 Å². The minimum absolute atomic E-state index is 0.0178. The van der Waals surface area contributed by atoms with Crippen LogP contribution in [0.1, 0.15) is 27.7 Å². The highest BCUT2D eigenvalue weighted by molar-refractivity contribution is 9.10. The van der Waals surface area contributed by atoms with E-state index in [0.29, 0.717) is 21.8 Å². The van der Waals surface area contributed by atoms with Crippen LogP contribution in [0.3, 0.4) is 0 Å². The van der Waals surface area contributed by atoms with E-state index < -0.39 is 27.9 Å². The van der Waals surface area contributed by atoms with E-state index >= 15 is 0 Å². The largest absolute Gasteiger partial charge is 0.366 e. The summed E-state index contributed by atoms with van der Waals surface area (Å²) >= 11 is 3.36. The van der Waals surface area contributed by atoms with E-state index in [2.05, 4.69) is 26.2 Å². The lowest BCUT2D eigenvalue weighted by Gasteiger charge is -2.32. The van der Waals surface area contributed by atoms with Crippen LogP contribution in [0.5, 0.6) is 0 Å². The minimum atomic E-state index is -4.21. The number of hydrogen-bond donors (Lipinski definition) is 3. The molecular weight excluding hydrogens is 584 g/mol. The summed E-state index contributed by atoms with van der Waals surface area (Å²) in [5.41, 5.74) is 7.76. The van der Waals surface area contributed by atoms with Gasteiger partial charge < -0.3 is 20.8 Å². The van der Waals surface area contributed by atoms with E-state index in [1.54, 1.807) is 18.2 Å². The van der Waals surface area contributed by atoms with Gasteiger partial charge in [0.25, 0.3) is 11.8 Å². The number of carbonyl (C=O) groups is 2. The highest BCUT2D eigenvalue weighted by Gasteiger charge is 2.38. The second-order valence-electron chi connectivity index (χ2n) is 9.27. The lowest BCUT2D eigenvalue weighted by molar-refractivity contribution is -0.137. The Morgan fingerprint density at radius 2 is 1.77 bits per heavy atom. The molecular formula is C28H27BrN4O5S. The molecule has 1 aromatic heterocycles. The smallest absolute Gasteiger partial charge is 0.266 e. The van der Waals surface area contributed by atoms with Gasteiger partial charge in [0.05, 0.1) is 12.6 Å². The highest BCUT2D eigenvalue weighted by atomic mass is 79.9. The van der Waals surface area contributed by atoms with E-state index in [1.165, 1.54) is 4.31 Å². The summed E-state index contributed by atoms with van der Waals surface area (Å²) in [5.74, 6) is -1.31. The lowest BCUT2D eigenvalue weighted by atomic mass is 9.98. The number of benzene rings is 3. The van der Waals surface area contributed by atoms with Gasteiger partial charge in [-0.3, -0.25) is 9.59 Å². The Kier molecular flexibility index (Phi) is 7.85. The van der Waals surface area contributed by atoms with Crippen molar-refractivity contribution >= 4 is 48.7 Å². The molecule has 0 spiro atoms. The number of nitrogens with zero attached hydrogens (tertiary/aromatic N) is 1. The molecule has 1 aliphatic heterocycles. The van der Waals surface area contributed by atoms with Crippen molar-refractivity contribution in [3.8, 4) is 0 Å². The average molecular weight is 612 g/mol. The first-order valence-corrected chi connectivity index (χ1v) is 14.6. The summed E-state index contributed by atoms with van der Waals surface area (Å²) in [6, 6.07) is 24.0. The van der Waals surface area contributed by atoms with Crippen LogP contribution < -0.4 is 11.1 Å². The maximum atomic E-state index is 13.8. The number of sulfonamides is 1. The molecule has 5 rings (SSSR count). The molecule has 9 nitrogen and oxygen atoms in total. The van der Waals surface area contributed by atoms with Gasteiger partial charge in [-0.15, -0.1) is 0 Å². The van der Waals surface area contributed by atoms with Gasteiger partial charge in [0.1, 0.15) is 16.7 Å². The van der Waals surface area contributed by atoms with Crippen LogP contribution in [0.25, 0.3) is 10.9 Å². The van der Waals surface area contributed by atoms with Gasteiger partial charge in [0.15, 0.2) is 0 Å². The SMILES string of the molecule is NC(=O)c1[nH]c2ccc(Br)cc2c1S(=O)(=O)N1CCOC(C(=O)NC(Cc2ccccc2)c2ccccc2)C1. The fraction of sp³-hybridized carbons (Fsp3) is 0.214. The van der Waals surface area contributed by atoms with Crippen molar-refractivity contribution in [3.05, 3.63) is 100 Å². The first-order chi connectivity index (χ1) is 18.7. The number of carbonyl (C=O) groups excluding carboxylic acids is 2. The van der Waals surface area contributed by atoms with Crippen molar-refractivity contribution < 1.29 is 22.7 Å². The molecule has 0 radical (unpaired) electrons. The fourth-order valence-corrected chi connectivity index (χ4v) is 6.89. The van der Waals surface area contributed by atoms with Crippen LogP contribution in [0.4, 0.5) is 0 Å². The Labute approximate surface area is 234 Å². The van der Waals surface area contributed by atoms with Crippen LogP contribution in [-0.4, -0.2) is 55.3 Å². The Morgan fingerprint density at radius 1 is 1.08 bits per heavy atom. The molecule has 1 fully saturated rings. The number of nitrogens with two attached hydrogens (primary N) is 1. The average Bonchev–Trinajstić information content (AvgIpc) is 3.34. The molecule has 39 heavy (non-hydrogen) atoms. The molecule has 2 heterocycles. The minimum Gasteiger partial charge on any atom is -0.366 e. The molecule has 2 amide bonds. The topological polar surface area (TPSA) is 135 Å². The zero-order chi connectivity index (χ0) is 27.6. The molecule has 0 aliphatic carbocycles. The van der Waals surface area contributed by atoms with Crippen molar-refractivity contribution in [2.24, 2.45) is 5.73 Å². The summed E-state index contributed by atoms with van der Waals surface area (Å²) in [7, 11) is -4.21. The van der Waals surface area contributed by atoms with Gasteiger partial charge in [0.2, 0.25) is 10.0 Å². The summed E-state index contributed by atoms with van der Waals surface area (Å²) in [6.07, 6.45) is -0.484. The number of halogens is 1. The van der Waals surface area contributed by atoms with Crippen molar-refractivity contribution in [3.63, 3.8) is 0 Å². The maximum absolute atomic E-state index is 13.8. The van der Waals surface area contributed by atoms with E-state index in [1.807, 2.05) is 60.7 Å². The monoisotopic (exact) mass is 610 g/mol. The molecule has 4 N–H and O–H groups in total. The number of amides is 2. The maximum Gasteiger partial charge on any atom is 0.266 e. The molecule has 2 atom stereocenters. The summed E-state index contributed by atoms with van der Waals surface area (Å²) in [6.45, 7) is -0.166. The van der Waals surface area contributed by atoms with Gasteiger partial charge in [-0.05, 0) is 35.7 Å². The highest BCUT2D eigenvalue weighted by Crippen LogP contribution is 2.32. The third-order valence-corrected chi connectivity index (χ3v) is 9.12. The van der Waals surface area contributed by atoms with Crippen molar-refractivity contribution in [2.45, 2.75) is 23.5 Å². The van der Waals surface area contributed by atoms with Crippen LogP contribution in [-0.2, 0) is 26.0 Å². The Morgan fingerprint density at radius 3 is 2.46 bits per heavy atom. The molecule has 1 aliphatic rings. The molecule has 0 bridgehead atoms. The third-order valence-electron chi connectivity index (χ3n) is 6.68. The van der Waals surface area contributed by atoms with Gasteiger partial charge >= 0.3 is 0 Å². The van der Waals surface area contributed by atoms with Crippen molar-refractivity contribution in [1.82, 2.24) is 14.6 Å². The van der Waals surface area contributed by atoms with Gasteiger partial charge in [-0.25, -0.2) is 8.42 Å². The summed E-state index contributed by atoms with van der Waals surface area (Å²) < 4.78 is 35.2. The number of rotatable bonds is 8. The molecule has 11 heteroatoms. The first-order valence-electron chi connectivity index (χ1n) is 12.4.